The van der Waals surface area contributed by atoms with E-state index < -0.39 is 0 Å². The summed E-state index contributed by atoms with van der Waals surface area (Å²) in [6.07, 6.45) is 4.02. The Kier molecular flexibility index (Phi) is 3.88. The highest BCUT2D eigenvalue weighted by molar-refractivity contribution is 6.00. The largest absolute Gasteiger partial charge is 0.378 e. The lowest BCUT2D eigenvalue weighted by atomic mass is 10.2. The average Bonchev–Trinajstić information content (AvgIpc) is 3.35. The molecule has 4 rings (SSSR count). The molecular weight excluding hydrogens is 306 g/mol. The van der Waals surface area contributed by atoms with E-state index in [2.05, 4.69) is 22.2 Å². The first-order valence-electron chi connectivity index (χ1n) is 8.62. The number of nitrogens with zero attached hydrogens (tertiary/aromatic N) is 4. The van der Waals surface area contributed by atoms with E-state index in [0.29, 0.717) is 30.3 Å². The van der Waals surface area contributed by atoms with Crippen LogP contribution in [-0.2, 0) is 4.74 Å². The molecular formula is C17H23N5O2. The Balaban J connectivity index is 1.65. The highest BCUT2D eigenvalue weighted by Gasteiger charge is 2.30. The number of ether oxygens (including phenoxy) is 1. The van der Waals surface area contributed by atoms with Crippen LogP contribution in [0.1, 0.15) is 35.8 Å². The van der Waals surface area contributed by atoms with Crippen molar-refractivity contribution in [3.8, 4) is 0 Å². The van der Waals surface area contributed by atoms with Gasteiger partial charge in [-0.05, 0) is 32.6 Å². The van der Waals surface area contributed by atoms with Gasteiger partial charge >= 0.3 is 0 Å². The number of fused-ring (bicyclic) bond motifs is 1. The molecule has 1 saturated heterocycles. The molecule has 2 fully saturated rings. The molecule has 0 bridgehead atoms. The van der Waals surface area contributed by atoms with Gasteiger partial charge < -0.3 is 15.0 Å². The van der Waals surface area contributed by atoms with Crippen molar-refractivity contribution in [2.75, 3.05) is 31.2 Å². The molecule has 2 aromatic rings. The average molecular weight is 329 g/mol. The van der Waals surface area contributed by atoms with Gasteiger partial charge in [-0.15, -0.1) is 0 Å². The molecule has 1 unspecified atom stereocenters. The third-order valence-corrected chi connectivity index (χ3v) is 4.90. The SMILES string of the molecule is Cc1cc(N2CCOCC2)nc2c(C(=O)NC(C)C3CC3)cnn12. The number of anilines is 1. The molecule has 1 atom stereocenters. The van der Waals surface area contributed by atoms with Crippen molar-refractivity contribution in [1.29, 1.82) is 0 Å². The van der Waals surface area contributed by atoms with Crippen LogP contribution in [0, 0.1) is 12.8 Å². The summed E-state index contributed by atoms with van der Waals surface area (Å²) >= 11 is 0. The van der Waals surface area contributed by atoms with Crippen LogP contribution >= 0.6 is 0 Å². The minimum absolute atomic E-state index is 0.0876. The zero-order valence-corrected chi connectivity index (χ0v) is 14.2. The Morgan fingerprint density at radius 1 is 1.38 bits per heavy atom. The number of morpholine rings is 1. The first-order valence-corrected chi connectivity index (χ1v) is 8.62. The molecule has 0 spiro atoms. The molecule has 1 aliphatic carbocycles. The normalized spacial score (nSPS) is 19.5. The molecule has 3 heterocycles. The van der Waals surface area contributed by atoms with Gasteiger partial charge in [0.2, 0.25) is 0 Å². The van der Waals surface area contributed by atoms with Gasteiger partial charge in [0.1, 0.15) is 11.4 Å². The van der Waals surface area contributed by atoms with Crippen LogP contribution in [0.2, 0.25) is 0 Å². The second kappa shape index (κ2) is 6.05. The lowest BCUT2D eigenvalue weighted by molar-refractivity contribution is 0.0937. The highest BCUT2D eigenvalue weighted by Crippen LogP contribution is 2.32. The zero-order chi connectivity index (χ0) is 16.7. The molecule has 1 aliphatic heterocycles. The fourth-order valence-corrected chi connectivity index (χ4v) is 3.21. The molecule has 1 amide bonds. The molecule has 0 radical (unpaired) electrons. The Morgan fingerprint density at radius 2 is 2.12 bits per heavy atom. The number of hydrogen-bond acceptors (Lipinski definition) is 5. The summed E-state index contributed by atoms with van der Waals surface area (Å²) in [5.41, 5.74) is 2.13. The minimum Gasteiger partial charge on any atom is -0.378 e. The Morgan fingerprint density at radius 3 is 2.83 bits per heavy atom. The standard InChI is InChI=1S/C17H23N5O2/c1-11-9-15(21-5-7-24-8-6-21)20-16-14(10-18-22(11)16)17(23)19-12(2)13-3-4-13/h9-10,12-13H,3-8H2,1-2H3,(H,19,23). The molecule has 1 N–H and O–H groups in total. The summed E-state index contributed by atoms with van der Waals surface area (Å²) in [5.74, 6) is 1.41. The van der Waals surface area contributed by atoms with Crippen molar-refractivity contribution in [3.05, 3.63) is 23.5 Å². The number of nitrogens with one attached hydrogen (secondary N) is 1. The summed E-state index contributed by atoms with van der Waals surface area (Å²) in [4.78, 5) is 19.5. The van der Waals surface area contributed by atoms with Gasteiger partial charge in [-0.1, -0.05) is 0 Å². The molecule has 1 saturated carbocycles. The minimum atomic E-state index is -0.0876. The van der Waals surface area contributed by atoms with Gasteiger partial charge in [0.25, 0.3) is 5.91 Å². The van der Waals surface area contributed by atoms with Crippen molar-refractivity contribution >= 4 is 17.4 Å². The number of rotatable bonds is 4. The molecule has 128 valence electrons. The van der Waals surface area contributed by atoms with Gasteiger partial charge in [0.05, 0.1) is 19.4 Å². The van der Waals surface area contributed by atoms with Crippen LogP contribution in [0.15, 0.2) is 12.3 Å². The van der Waals surface area contributed by atoms with Crippen LogP contribution < -0.4 is 10.2 Å². The highest BCUT2D eigenvalue weighted by atomic mass is 16.5. The molecule has 7 heteroatoms. The quantitative estimate of drug-likeness (QED) is 0.918. The summed E-state index contributed by atoms with van der Waals surface area (Å²) in [6, 6.07) is 2.22. The second-order valence-electron chi connectivity index (χ2n) is 6.75. The summed E-state index contributed by atoms with van der Waals surface area (Å²) in [6.45, 7) is 7.10. The fraction of sp³-hybridized carbons (Fsp3) is 0.588. The molecule has 0 aromatic carbocycles. The van der Waals surface area contributed by atoms with Crippen molar-refractivity contribution in [2.45, 2.75) is 32.7 Å². The van der Waals surface area contributed by atoms with Crippen molar-refractivity contribution in [1.82, 2.24) is 19.9 Å². The van der Waals surface area contributed by atoms with E-state index in [9.17, 15) is 4.79 Å². The van der Waals surface area contributed by atoms with Crippen LogP contribution in [0.3, 0.4) is 0 Å². The fourth-order valence-electron chi connectivity index (χ4n) is 3.21. The van der Waals surface area contributed by atoms with E-state index in [4.69, 9.17) is 9.72 Å². The lowest BCUT2D eigenvalue weighted by Crippen LogP contribution is -2.37. The van der Waals surface area contributed by atoms with E-state index in [1.54, 1.807) is 10.7 Å². The Labute approximate surface area is 141 Å². The van der Waals surface area contributed by atoms with Gasteiger partial charge in [-0.2, -0.15) is 5.10 Å². The van der Waals surface area contributed by atoms with Crippen molar-refractivity contribution in [3.63, 3.8) is 0 Å². The first kappa shape index (κ1) is 15.4. The van der Waals surface area contributed by atoms with E-state index in [1.165, 1.54) is 12.8 Å². The summed E-state index contributed by atoms with van der Waals surface area (Å²) in [7, 11) is 0. The van der Waals surface area contributed by atoms with Crippen molar-refractivity contribution < 1.29 is 9.53 Å². The number of amides is 1. The van der Waals surface area contributed by atoms with Crippen LogP contribution in [0.4, 0.5) is 5.82 Å². The van der Waals surface area contributed by atoms with Gasteiger partial charge in [0.15, 0.2) is 5.65 Å². The van der Waals surface area contributed by atoms with Gasteiger partial charge in [-0.3, -0.25) is 4.79 Å². The maximum absolute atomic E-state index is 12.6. The summed E-state index contributed by atoms with van der Waals surface area (Å²) < 4.78 is 7.14. The molecule has 2 aromatic heterocycles. The number of carbonyl (C=O) groups is 1. The third kappa shape index (κ3) is 2.84. The van der Waals surface area contributed by atoms with Gasteiger partial charge in [0, 0.05) is 30.9 Å². The van der Waals surface area contributed by atoms with E-state index in [-0.39, 0.29) is 11.9 Å². The number of hydrogen-bond donors (Lipinski definition) is 1. The predicted octanol–water partition coefficient (Wildman–Crippen LogP) is 1.40. The van der Waals surface area contributed by atoms with Crippen LogP contribution in [0.25, 0.3) is 5.65 Å². The zero-order valence-electron chi connectivity index (χ0n) is 14.2. The van der Waals surface area contributed by atoms with E-state index in [1.807, 2.05) is 13.0 Å². The lowest BCUT2D eigenvalue weighted by Gasteiger charge is -2.28. The summed E-state index contributed by atoms with van der Waals surface area (Å²) in [5, 5.41) is 7.43. The maximum atomic E-state index is 12.6. The maximum Gasteiger partial charge on any atom is 0.256 e. The van der Waals surface area contributed by atoms with Crippen LogP contribution in [-0.4, -0.2) is 52.9 Å². The molecule has 2 aliphatic rings. The van der Waals surface area contributed by atoms with Crippen molar-refractivity contribution in [2.24, 2.45) is 5.92 Å². The van der Waals surface area contributed by atoms with E-state index in [0.717, 1.165) is 24.6 Å². The number of aryl methyl sites for hydroxylation is 1. The third-order valence-electron chi connectivity index (χ3n) is 4.90. The molecule has 7 nitrogen and oxygen atoms in total. The number of aromatic nitrogens is 3. The Hall–Kier alpha value is -2.15. The predicted molar refractivity (Wildman–Crippen MR) is 90.4 cm³/mol. The van der Waals surface area contributed by atoms with Gasteiger partial charge in [-0.25, -0.2) is 9.50 Å². The van der Waals surface area contributed by atoms with Crippen LogP contribution in [0.5, 0.6) is 0 Å². The molecule has 24 heavy (non-hydrogen) atoms. The smallest absolute Gasteiger partial charge is 0.256 e. The number of carbonyl (C=O) groups excluding carboxylic acids is 1. The topological polar surface area (TPSA) is 71.8 Å². The Bertz CT molecular complexity index is 762. The van der Waals surface area contributed by atoms with E-state index >= 15 is 0 Å². The first-order chi connectivity index (χ1) is 11.6. The second-order valence-corrected chi connectivity index (χ2v) is 6.75. The monoisotopic (exact) mass is 329 g/mol.